The Hall–Kier alpha value is -1.62. The molecule has 5 heteroatoms. The van der Waals surface area contributed by atoms with E-state index in [2.05, 4.69) is 11.1 Å². The third-order valence-corrected chi connectivity index (χ3v) is 4.17. The molecule has 2 aromatic heterocycles. The zero-order chi connectivity index (χ0) is 12.5. The fraction of sp³-hybridized carbons (Fsp3) is 0.385. The molecule has 18 heavy (non-hydrogen) atoms. The molecule has 0 fully saturated rings. The lowest BCUT2D eigenvalue weighted by Crippen LogP contribution is -2.21. The minimum absolute atomic E-state index is 0.434. The van der Waals surface area contributed by atoms with Gasteiger partial charge in [0.05, 0.1) is 5.69 Å². The molecule has 0 bridgehead atoms. The molecule has 0 aromatic carbocycles. The number of aryl methyl sites for hydroxylation is 1. The summed E-state index contributed by atoms with van der Waals surface area (Å²) in [4.78, 5) is 17.0. The van der Waals surface area contributed by atoms with Crippen LogP contribution in [0.2, 0.25) is 0 Å². The van der Waals surface area contributed by atoms with Crippen LogP contribution in [0.25, 0.3) is 0 Å². The molecule has 1 aliphatic rings. The van der Waals surface area contributed by atoms with Crippen LogP contribution in [0.5, 0.6) is 0 Å². The molecule has 1 unspecified atom stereocenters. The summed E-state index contributed by atoms with van der Waals surface area (Å²) in [6, 6.07) is 4.10. The molecule has 4 nitrogen and oxygen atoms in total. The van der Waals surface area contributed by atoms with E-state index in [4.69, 9.17) is 0 Å². The zero-order valence-electron chi connectivity index (χ0n) is 9.87. The molecule has 2 aromatic rings. The Morgan fingerprint density at radius 2 is 2.50 bits per heavy atom. The minimum Gasteiger partial charge on any atom is -0.481 e. The number of imidazole rings is 1. The summed E-state index contributed by atoms with van der Waals surface area (Å²) in [5.41, 5.74) is 0.973. The lowest BCUT2D eigenvalue weighted by molar-refractivity contribution is -0.139. The monoisotopic (exact) mass is 262 g/mol. The standard InChI is InChI=1S/C13H14N2O2S/c16-13(17)11-4-1-5-15-8-9(14-12(11)15)7-10-3-2-6-18-10/h2-3,6,8,11H,1,4-5,7H2,(H,16,17). The van der Waals surface area contributed by atoms with Crippen molar-refractivity contribution in [3.8, 4) is 0 Å². The molecule has 0 saturated heterocycles. The molecule has 0 amide bonds. The van der Waals surface area contributed by atoms with Crippen molar-refractivity contribution in [1.29, 1.82) is 0 Å². The molecule has 3 heterocycles. The number of carboxylic acid groups (broad SMARTS) is 1. The zero-order valence-corrected chi connectivity index (χ0v) is 10.7. The topological polar surface area (TPSA) is 55.1 Å². The molecule has 94 valence electrons. The predicted molar refractivity (Wildman–Crippen MR) is 69.0 cm³/mol. The number of thiophene rings is 1. The molecular formula is C13H14N2O2S. The van der Waals surface area contributed by atoms with Crippen molar-refractivity contribution >= 4 is 17.3 Å². The summed E-state index contributed by atoms with van der Waals surface area (Å²) in [6.07, 6.45) is 4.41. The van der Waals surface area contributed by atoms with Crippen LogP contribution in [0.4, 0.5) is 0 Å². The number of hydrogen-bond donors (Lipinski definition) is 1. The predicted octanol–water partition coefficient (Wildman–Crippen LogP) is 2.50. The second-order valence-corrected chi connectivity index (χ2v) is 5.61. The van der Waals surface area contributed by atoms with Gasteiger partial charge >= 0.3 is 5.97 Å². The highest BCUT2D eigenvalue weighted by Crippen LogP contribution is 2.27. The number of carbonyl (C=O) groups is 1. The Morgan fingerprint density at radius 3 is 3.22 bits per heavy atom. The number of aromatic nitrogens is 2. The second-order valence-electron chi connectivity index (χ2n) is 4.57. The third-order valence-electron chi connectivity index (χ3n) is 3.29. The van der Waals surface area contributed by atoms with Crippen molar-refractivity contribution in [1.82, 2.24) is 9.55 Å². The van der Waals surface area contributed by atoms with Gasteiger partial charge in [0.15, 0.2) is 0 Å². The molecule has 0 saturated carbocycles. The average Bonchev–Trinajstić information content (AvgIpc) is 2.96. The first-order chi connectivity index (χ1) is 8.74. The number of rotatable bonds is 3. The van der Waals surface area contributed by atoms with Crippen molar-refractivity contribution in [2.24, 2.45) is 0 Å². The van der Waals surface area contributed by atoms with Crippen LogP contribution < -0.4 is 0 Å². The molecule has 0 aliphatic carbocycles. The van der Waals surface area contributed by atoms with Gasteiger partial charge in [0.25, 0.3) is 0 Å². The lowest BCUT2D eigenvalue weighted by atomic mass is 9.99. The SMILES string of the molecule is O=C(O)C1CCCn2cc(Cc3cccs3)nc21. The molecule has 1 atom stereocenters. The van der Waals surface area contributed by atoms with E-state index in [1.54, 1.807) is 11.3 Å². The maximum atomic E-state index is 11.2. The van der Waals surface area contributed by atoms with Crippen molar-refractivity contribution in [3.05, 3.63) is 40.1 Å². The van der Waals surface area contributed by atoms with Crippen LogP contribution in [0, 0.1) is 0 Å². The van der Waals surface area contributed by atoms with Gasteiger partial charge in [0.1, 0.15) is 11.7 Å². The number of carboxylic acids is 1. The molecule has 1 N–H and O–H groups in total. The van der Waals surface area contributed by atoms with Gasteiger partial charge in [-0.1, -0.05) is 6.07 Å². The number of nitrogens with zero attached hydrogens (tertiary/aromatic N) is 2. The van der Waals surface area contributed by atoms with Gasteiger partial charge in [-0.25, -0.2) is 4.98 Å². The fourth-order valence-electron chi connectivity index (χ4n) is 2.45. The molecule has 3 rings (SSSR count). The van der Waals surface area contributed by atoms with Gasteiger partial charge in [-0.05, 0) is 24.3 Å². The summed E-state index contributed by atoms with van der Waals surface area (Å²) < 4.78 is 2.01. The highest BCUT2D eigenvalue weighted by Gasteiger charge is 2.28. The van der Waals surface area contributed by atoms with E-state index in [0.29, 0.717) is 6.42 Å². The first-order valence-electron chi connectivity index (χ1n) is 6.05. The number of aliphatic carboxylic acids is 1. The lowest BCUT2D eigenvalue weighted by Gasteiger charge is -2.19. The van der Waals surface area contributed by atoms with Crippen LogP contribution in [-0.4, -0.2) is 20.6 Å². The normalized spacial score (nSPS) is 18.6. The quantitative estimate of drug-likeness (QED) is 0.924. The van der Waals surface area contributed by atoms with Crippen LogP contribution in [-0.2, 0) is 17.8 Å². The first-order valence-corrected chi connectivity index (χ1v) is 6.93. The largest absolute Gasteiger partial charge is 0.481 e. The maximum absolute atomic E-state index is 11.2. The number of fused-ring (bicyclic) bond motifs is 1. The van der Waals surface area contributed by atoms with Crippen LogP contribution in [0.3, 0.4) is 0 Å². The van der Waals surface area contributed by atoms with Gasteiger partial charge < -0.3 is 9.67 Å². The van der Waals surface area contributed by atoms with Gasteiger partial charge in [-0.15, -0.1) is 11.3 Å². The van der Waals surface area contributed by atoms with Crippen LogP contribution >= 0.6 is 11.3 Å². The van der Waals surface area contributed by atoms with E-state index < -0.39 is 11.9 Å². The van der Waals surface area contributed by atoms with E-state index in [-0.39, 0.29) is 0 Å². The van der Waals surface area contributed by atoms with Crippen molar-refractivity contribution in [2.75, 3.05) is 0 Å². The molecular weight excluding hydrogens is 248 g/mol. The summed E-state index contributed by atoms with van der Waals surface area (Å²) in [7, 11) is 0. The summed E-state index contributed by atoms with van der Waals surface area (Å²) >= 11 is 1.71. The van der Waals surface area contributed by atoms with Crippen LogP contribution in [0.15, 0.2) is 23.7 Å². The van der Waals surface area contributed by atoms with Gasteiger partial charge in [0, 0.05) is 24.0 Å². The van der Waals surface area contributed by atoms with E-state index in [9.17, 15) is 9.90 Å². The number of hydrogen-bond acceptors (Lipinski definition) is 3. The van der Waals surface area contributed by atoms with E-state index >= 15 is 0 Å². The highest BCUT2D eigenvalue weighted by atomic mass is 32.1. The Balaban J connectivity index is 1.89. The second kappa shape index (κ2) is 4.57. The molecule has 1 aliphatic heterocycles. The minimum atomic E-state index is -0.760. The molecule has 0 spiro atoms. The highest BCUT2D eigenvalue weighted by molar-refractivity contribution is 7.09. The Bertz CT molecular complexity index is 560. The average molecular weight is 262 g/mol. The summed E-state index contributed by atoms with van der Waals surface area (Å²) in [5, 5.41) is 11.2. The van der Waals surface area contributed by atoms with Gasteiger partial charge in [0.2, 0.25) is 0 Å². The smallest absolute Gasteiger partial charge is 0.314 e. The van der Waals surface area contributed by atoms with Gasteiger partial charge in [-0.3, -0.25) is 4.79 Å². The van der Waals surface area contributed by atoms with Crippen LogP contribution in [0.1, 0.15) is 35.2 Å². The Kier molecular flexibility index (Phi) is 2.91. The maximum Gasteiger partial charge on any atom is 0.314 e. The summed E-state index contributed by atoms with van der Waals surface area (Å²) in [6.45, 7) is 0.885. The van der Waals surface area contributed by atoms with Gasteiger partial charge in [-0.2, -0.15) is 0 Å². The Morgan fingerprint density at radius 1 is 1.61 bits per heavy atom. The van der Waals surface area contributed by atoms with Crippen molar-refractivity contribution in [3.63, 3.8) is 0 Å². The van der Waals surface area contributed by atoms with E-state index in [1.807, 2.05) is 22.2 Å². The van der Waals surface area contributed by atoms with E-state index in [1.165, 1.54) is 4.88 Å². The van der Waals surface area contributed by atoms with Crippen molar-refractivity contribution < 1.29 is 9.90 Å². The Labute approximate surface area is 109 Å². The molecule has 0 radical (unpaired) electrons. The van der Waals surface area contributed by atoms with Crippen molar-refractivity contribution in [2.45, 2.75) is 31.7 Å². The third kappa shape index (κ3) is 2.06. The first kappa shape index (κ1) is 11.5. The summed E-state index contributed by atoms with van der Waals surface area (Å²) in [5.74, 6) is -0.472. The fourth-order valence-corrected chi connectivity index (χ4v) is 3.17. The van der Waals surface area contributed by atoms with E-state index in [0.717, 1.165) is 30.9 Å².